The van der Waals surface area contributed by atoms with Crippen molar-refractivity contribution < 1.29 is 4.79 Å². The van der Waals surface area contributed by atoms with Gasteiger partial charge in [-0.25, -0.2) is 4.79 Å². The summed E-state index contributed by atoms with van der Waals surface area (Å²) in [6.07, 6.45) is 5.65. The van der Waals surface area contributed by atoms with Gasteiger partial charge in [0.05, 0.1) is 0 Å². The fraction of sp³-hybridized carbons (Fsp3) is 0.357. The summed E-state index contributed by atoms with van der Waals surface area (Å²) < 4.78 is 0. The zero-order valence-electron chi connectivity index (χ0n) is 10.2. The van der Waals surface area contributed by atoms with E-state index in [1.807, 2.05) is 30.5 Å². The van der Waals surface area contributed by atoms with E-state index in [0.717, 1.165) is 35.5 Å². The van der Waals surface area contributed by atoms with Crippen LogP contribution < -0.4 is 10.6 Å². The molecule has 0 saturated heterocycles. The predicted molar refractivity (Wildman–Crippen MR) is 72.7 cm³/mol. The van der Waals surface area contributed by atoms with Gasteiger partial charge in [-0.15, -0.1) is 0 Å². The number of amides is 2. The molecule has 4 nitrogen and oxygen atoms in total. The largest absolute Gasteiger partial charge is 0.361 e. The van der Waals surface area contributed by atoms with Crippen LogP contribution in [0.2, 0.25) is 0 Å². The summed E-state index contributed by atoms with van der Waals surface area (Å²) in [5.41, 5.74) is 1.90. The molecule has 1 heterocycles. The number of nitrogens with one attached hydrogen (secondary N) is 3. The molecule has 3 rings (SSSR count). The summed E-state index contributed by atoms with van der Waals surface area (Å²) in [4.78, 5) is 14.8. The normalized spacial score (nSPS) is 14.7. The molecule has 1 aromatic carbocycles. The van der Waals surface area contributed by atoms with Crippen molar-refractivity contribution in [2.75, 3.05) is 11.9 Å². The maximum Gasteiger partial charge on any atom is 0.319 e. The Morgan fingerprint density at radius 1 is 1.33 bits per heavy atom. The van der Waals surface area contributed by atoms with Crippen molar-refractivity contribution in [3.63, 3.8) is 0 Å². The molecule has 0 radical (unpaired) electrons. The molecule has 0 aliphatic heterocycles. The number of fused-ring (bicyclic) bond motifs is 1. The maximum absolute atomic E-state index is 11.7. The quantitative estimate of drug-likeness (QED) is 0.759. The summed E-state index contributed by atoms with van der Waals surface area (Å²) in [6.45, 7) is 0.767. The number of aromatic amines is 1. The van der Waals surface area contributed by atoms with Crippen molar-refractivity contribution in [1.82, 2.24) is 10.3 Å². The first-order valence-corrected chi connectivity index (χ1v) is 6.43. The second kappa shape index (κ2) is 4.72. The standard InChI is InChI=1S/C14H17N3O/c18-14(16-7-5-10-1-2-10)17-12-3-4-13-11(9-12)6-8-15-13/h3-4,6,8-10,15H,1-2,5,7H2,(H2,16,17,18). The van der Waals surface area contributed by atoms with Gasteiger partial charge in [0.1, 0.15) is 0 Å². The highest BCUT2D eigenvalue weighted by molar-refractivity contribution is 5.92. The minimum atomic E-state index is -0.120. The molecule has 2 aromatic rings. The molecule has 0 bridgehead atoms. The van der Waals surface area contributed by atoms with E-state index in [-0.39, 0.29) is 6.03 Å². The zero-order valence-corrected chi connectivity index (χ0v) is 10.2. The third kappa shape index (κ3) is 2.64. The van der Waals surface area contributed by atoms with E-state index in [9.17, 15) is 4.79 Å². The van der Waals surface area contributed by atoms with Crippen LogP contribution in [0.5, 0.6) is 0 Å². The van der Waals surface area contributed by atoms with E-state index < -0.39 is 0 Å². The van der Waals surface area contributed by atoms with Gasteiger partial charge in [0, 0.05) is 29.3 Å². The molecule has 0 spiro atoms. The highest BCUT2D eigenvalue weighted by Gasteiger charge is 2.20. The second-order valence-corrected chi connectivity index (χ2v) is 4.89. The molecule has 2 amide bonds. The Kier molecular flexibility index (Phi) is 2.92. The minimum absolute atomic E-state index is 0.120. The minimum Gasteiger partial charge on any atom is -0.361 e. The van der Waals surface area contributed by atoms with Gasteiger partial charge in [-0.2, -0.15) is 0 Å². The number of aromatic nitrogens is 1. The van der Waals surface area contributed by atoms with Crippen LogP contribution in [0.15, 0.2) is 30.5 Å². The van der Waals surface area contributed by atoms with E-state index in [4.69, 9.17) is 0 Å². The van der Waals surface area contributed by atoms with Gasteiger partial charge in [-0.1, -0.05) is 12.8 Å². The van der Waals surface area contributed by atoms with E-state index >= 15 is 0 Å². The Morgan fingerprint density at radius 2 is 2.22 bits per heavy atom. The molecule has 94 valence electrons. The fourth-order valence-electron chi connectivity index (χ4n) is 2.10. The summed E-state index contributed by atoms with van der Waals surface area (Å²) in [5, 5.41) is 6.84. The molecule has 3 N–H and O–H groups in total. The van der Waals surface area contributed by atoms with Crippen LogP contribution >= 0.6 is 0 Å². The predicted octanol–water partition coefficient (Wildman–Crippen LogP) is 3.09. The molecule has 4 heteroatoms. The van der Waals surface area contributed by atoms with Gasteiger partial charge in [0.2, 0.25) is 0 Å². The van der Waals surface area contributed by atoms with Crippen molar-refractivity contribution in [3.8, 4) is 0 Å². The summed E-state index contributed by atoms with van der Waals surface area (Å²) in [5.74, 6) is 0.849. The van der Waals surface area contributed by atoms with Crippen LogP contribution in [-0.2, 0) is 0 Å². The molecule has 1 aliphatic rings. The van der Waals surface area contributed by atoms with Crippen LogP contribution in [0.25, 0.3) is 10.9 Å². The lowest BCUT2D eigenvalue weighted by Crippen LogP contribution is -2.29. The summed E-state index contributed by atoms with van der Waals surface area (Å²) in [7, 11) is 0. The maximum atomic E-state index is 11.7. The second-order valence-electron chi connectivity index (χ2n) is 4.89. The Morgan fingerprint density at radius 3 is 3.06 bits per heavy atom. The van der Waals surface area contributed by atoms with E-state index in [2.05, 4.69) is 15.6 Å². The molecule has 1 aliphatic carbocycles. The molecule has 0 atom stereocenters. The van der Waals surface area contributed by atoms with Gasteiger partial charge in [-0.05, 0) is 36.6 Å². The first-order valence-electron chi connectivity index (χ1n) is 6.43. The van der Waals surface area contributed by atoms with Crippen molar-refractivity contribution in [1.29, 1.82) is 0 Å². The lowest BCUT2D eigenvalue weighted by atomic mass is 10.2. The van der Waals surface area contributed by atoms with Gasteiger partial charge in [0.25, 0.3) is 0 Å². The van der Waals surface area contributed by atoms with Crippen LogP contribution in [0, 0.1) is 5.92 Å². The molecule has 18 heavy (non-hydrogen) atoms. The number of H-pyrrole nitrogens is 1. The molecular weight excluding hydrogens is 226 g/mol. The first kappa shape index (κ1) is 11.1. The van der Waals surface area contributed by atoms with E-state index in [1.54, 1.807) is 0 Å². The summed E-state index contributed by atoms with van der Waals surface area (Å²) in [6, 6.07) is 7.71. The molecule has 1 fully saturated rings. The SMILES string of the molecule is O=C(NCCC1CC1)Nc1ccc2[nH]ccc2c1. The first-order chi connectivity index (χ1) is 8.81. The van der Waals surface area contributed by atoms with Gasteiger partial charge in [0.15, 0.2) is 0 Å². The Labute approximate surface area is 106 Å². The fourth-order valence-corrected chi connectivity index (χ4v) is 2.10. The van der Waals surface area contributed by atoms with Gasteiger partial charge >= 0.3 is 6.03 Å². The lowest BCUT2D eigenvalue weighted by Gasteiger charge is -2.07. The number of hydrogen-bond donors (Lipinski definition) is 3. The Hall–Kier alpha value is -1.97. The van der Waals surface area contributed by atoms with Crippen LogP contribution in [0.1, 0.15) is 19.3 Å². The van der Waals surface area contributed by atoms with Crippen molar-refractivity contribution in [2.24, 2.45) is 5.92 Å². The highest BCUT2D eigenvalue weighted by Crippen LogP contribution is 2.31. The number of rotatable bonds is 4. The topological polar surface area (TPSA) is 56.9 Å². The number of benzene rings is 1. The van der Waals surface area contributed by atoms with E-state index in [0.29, 0.717) is 0 Å². The Balaban J connectivity index is 1.55. The van der Waals surface area contributed by atoms with Crippen molar-refractivity contribution in [3.05, 3.63) is 30.5 Å². The number of hydrogen-bond acceptors (Lipinski definition) is 1. The molecule has 1 saturated carbocycles. The van der Waals surface area contributed by atoms with Crippen LogP contribution in [0.4, 0.5) is 10.5 Å². The van der Waals surface area contributed by atoms with Crippen LogP contribution in [0.3, 0.4) is 0 Å². The number of carbonyl (C=O) groups is 1. The van der Waals surface area contributed by atoms with Crippen molar-refractivity contribution >= 4 is 22.6 Å². The highest BCUT2D eigenvalue weighted by atomic mass is 16.2. The average Bonchev–Trinajstić information content (AvgIpc) is 3.06. The smallest absolute Gasteiger partial charge is 0.319 e. The van der Waals surface area contributed by atoms with E-state index in [1.165, 1.54) is 12.8 Å². The van der Waals surface area contributed by atoms with Crippen LogP contribution in [-0.4, -0.2) is 17.6 Å². The number of urea groups is 1. The average molecular weight is 243 g/mol. The van der Waals surface area contributed by atoms with Gasteiger partial charge in [-0.3, -0.25) is 0 Å². The monoisotopic (exact) mass is 243 g/mol. The molecular formula is C14H17N3O. The molecule has 0 unspecified atom stereocenters. The Bertz CT molecular complexity index is 557. The third-order valence-electron chi connectivity index (χ3n) is 3.35. The molecule has 1 aromatic heterocycles. The van der Waals surface area contributed by atoms with Crippen molar-refractivity contribution in [2.45, 2.75) is 19.3 Å². The number of carbonyl (C=O) groups excluding carboxylic acids is 1. The zero-order chi connectivity index (χ0) is 12.4. The lowest BCUT2D eigenvalue weighted by molar-refractivity contribution is 0.252. The third-order valence-corrected chi connectivity index (χ3v) is 3.35. The van der Waals surface area contributed by atoms with Gasteiger partial charge < -0.3 is 15.6 Å². The number of anilines is 1. The summed E-state index contributed by atoms with van der Waals surface area (Å²) >= 11 is 0.